The first-order valence-corrected chi connectivity index (χ1v) is 6.55. The molecule has 0 amide bonds. The fourth-order valence-electron chi connectivity index (χ4n) is 0.578. The third kappa shape index (κ3) is 3.52. The van der Waals surface area contributed by atoms with Gasteiger partial charge in [0.25, 0.3) is 5.92 Å². The molecular weight excluding hydrogens is 237 g/mol. The Hall–Kier alpha value is 0.321. The highest BCUT2D eigenvalue weighted by Crippen LogP contribution is 2.28. The Bertz CT molecular complexity index is 164. The van der Waals surface area contributed by atoms with E-state index >= 15 is 0 Å². The lowest BCUT2D eigenvalue weighted by Crippen LogP contribution is -2.41. The number of alkyl halides is 3. The highest BCUT2D eigenvalue weighted by molar-refractivity contribution is 6.61. The smallest absolute Gasteiger partial charge is 0.412 e. The van der Waals surface area contributed by atoms with Crippen molar-refractivity contribution < 1.29 is 25.5 Å². The molecule has 3 nitrogen and oxygen atoms in total. The summed E-state index contributed by atoms with van der Waals surface area (Å²) in [5.74, 6) is -3.36. The maximum absolute atomic E-state index is 12.8. The van der Waals surface area contributed by atoms with Gasteiger partial charge in [-0.25, -0.2) is 13.2 Å². The molecule has 1 atom stereocenters. The van der Waals surface area contributed by atoms with Crippen LogP contribution in [0.5, 0.6) is 0 Å². The Balaban J connectivity index is 2.37. The predicted octanol–water partition coefficient (Wildman–Crippen LogP) is 0.600. The summed E-state index contributed by atoms with van der Waals surface area (Å²) in [7, 11) is -2.56. The van der Waals surface area contributed by atoms with Crippen molar-refractivity contribution in [2.24, 2.45) is 0 Å². The predicted molar refractivity (Wildman–Crippen MR) is 40.8 cm³/mol. The Kier molecular flexibility index (Phi) is 4.12. The number of halogens is 3. The van der Waals surface area contributed by atoms with Gasteiger partial charge in [0.1, 0.15) is 0 Å². The second-order valence-electron chi connectivity index (χ2n) is 2.40. The molecule has 0 aromatic rings. The Labute approximate surface area is 80.5 Å². The molecule has 1 unspecified atom stereocenters. The zero-order chi connectivity index (χ0) is 9.90. The fourth-order valence-corrected chi connectivity index (χ4v) is 4.33. The van der Waals surface area contributed by atoms with E-state index in [0.717, 1.165) is 6.92 Å². The number of rotatable bonds is 3. The molecule has 1 aliphatic heterocycles. The van der Waals surface area contributed by atoms with Gasteiger partial charge in [0, 0.05) is 0 Å². The lowest BCUT2D eigenvalue weighted by molar-refractivity contribution is -0.0509. The molecule has 1 fully saturated rings. The van der Waals surface area contributed by atoms with E-state index in [1.165, 1.54) is 0 Å². The van der Waals surface area contributed by atoms with Crippen LogP contribution in [0.3, 0.4) is 0 Å². The molecule has 13 heavy (non-hydrogen) atoms. The summed E-state index contributed by atoms with van der Waals surface area (Å²) in [6.45, 7) is 0.826. The van der Waals surface area contributed by atoms with Crippen LogP contribution >= 0.6 is 0 Å². The molecule has 73 valence electrons. The molecule has 5 radical (unpaired) electrons. The van der Waals surface area contributed by atoms with Crippen LogP contribution in [0, 0.1) is 0 Å². The summed E-state index contributed by atoms with van der Waals surface area (Å²) >= 11 is 0. The van der Waals surface area contributed by atoms with Gasteiger partial charge in [-0.15, -0.1) is 0 Å². The van der Waals surface area contributed by atoms with Crippen molar-refractivity contribution in [3.05, 3.63) is 0 Å². The molecular formula is C4H6F3O3Si3. The summed E-state index contributed by atoms with van der Waals surface area (Å²) in [5, 5.41) is 0. The normalized spacial score (nSPS) is 23.1. The van der Waals surface area contributed by atoms with Gasteiger partial charge >= 0.3 is 29.3 Å². The largest absolute Gasteiger partial charge is 0.413 e. The minimum Gasteiger partial charge on any atom is -0.413 e. The SMILES string of the molecule is CC(F)C(F)(F)C[Si]1O[Si]O[Si]O1. The molecule has 0 aliphatic carbocycles. The van der Waals surface area contributed by atoms with Crippen LogP contribution in [0.2, 0.25) is 6.04 Å². The van der Waals surface area contributed by atoms with Crippen LogP contribution < -0.4 is 0 Å². The summed E-state index contributed by atoms with van der Waals surface area (Å²) in [6.07, 6.45) is -2.17. The van der Waals surface area contributed by atoms with E-state index in [1.54, 1.807) is 0 Å². The average molecular weight is 243 g/mol. The van der Waals surface area contributed by atoms with Crippen LogP contribution in [0.4, 0.5) is 13.2 Å². The Morgan fingerprint density at radius 3 is 2.38 bits per heavy atom. The summed E-state index contributed by atoms with van der Waals surface area (Å²) in [6, 6.07) is -0.668. The molecule has 0 saturated carbocycles. The highest BCUT2D eigenvalue weighted by atomic mass is 28.4. The first kappa shape index (κ1) is 11.4. The van der Waals surface area contributed by atoms with E-state index in [1.807, 2.05) is 0 Å². The molecule has 1 heterocycles. The molecule has 1 saturated heterocycles. The van der Waals surface area contributed by atoms with E-state index < -0.39 is 27.4 Å². The quantitative estimate of drug-likeness (QED) is 0.679. The van der Waals surface area contributed by atoms with Gasteiger partial charge < -0.3 is 12.3 Å². The topological polar surface area (TPSA) is 27.7 Å². The van der Waals surface area contributed by atoms with Crippen LogP contribution in [-0.4, -0.2) is 41.4 Å². The van der Waals surface area contributed by atoms with Gasteiger partial charge in [0.05, 0.1) is 6.04 Å². The van der Waals surface area contributed by atoms with Gasteiger partial charge in [-0.05, 0) is 6.92 Å². The monoisotopic (exact) mass is 243 g/mol. The van der Waals surface area contributed by atoms with Crippen molar-refractivity contribution in [2.75, 3.05) is 0 Å². The highest BCUT2D eigenvalue weighted by Gasteiger charge is 2.43. The summed E-state index contributed by atoms with van der Waals surface area (Å²) in [4.78, 5) is 0. The summed E-state index contributed by atoms with van der Waals surface area (Å²) < 4.78 is 52.2. The van der Waals surface area contributed by atoms with Crippen LogP contribution in [0.15, 0.2) is 0 Å². The van der Waals surface area contributed by atoms with Crippen molar-refractivity contribution in [3.8, 4) is 0 Å². The molecule has 0 spiro atoms. The standard InChI is InChI=1S/C4H6F3O3Si3/c1-3(5)4(6,7)2-13-9-11-8-12-10-13/h3H,2H2,1H3. The van der Waals surface area contributed by atoms with Crippen molar-refractivity contribution in [2.45, 2.75) is 25.1 Å². The molecule has 0 bridgehead atoms. The van der Waals surface area contributed by atoms with Gasteiger partial charge in [-0.1, -0.05) is 0 Å². The Morgan fingerprint density at radius 2 is 1.92 bits per heavy atom. The van der Waals surface area contributed by atoms with Crippen molar-refractivity contribution >= 4 is 29.3 Å². The van der Waals surface area contributed by atoms with Crippen molar-refractivity contribution in [3.63, 3.8) is 0 Å². The first-order valence-electron chi connectivity index (χ1n) is 3.39. The molecule has 1 aliphatic rings. The van der Waals surface area contributed by atoms with E-state index in [-0.39, 0.29) is 20.0 Å². The third-order valence-electron chi connectivity index (χ3n) is 1.36. The molecule has 0 N–H and O–H groups in total. The van der Waals surface area contributed by atoms with E-state index in [0.29, 0.717) is 0 Å². The maximum Gasteiger partial charge on any atom is 0.412 e. The molecule has 0 aromatic heterocycles. The zero-order valence-electron chi connectivity index (χ0n) is 6.64. The number of hydrogen-bond donors (Lipinski definition) is 0. The van der Waals surface area contributed by atoms with Crippen LogP contribution in [-0.2, 0) is 12.3 Å². The lowest BCUT2D eigenvalue weighted by atomic mass is 10.3. The van der Waals surface area contributed by atoms with E-state index in [9.17, 15) is 13.2 Å². The Morgan fingerprint density at radius 1 is 1.38 bits per heavy atom. The minimum atomic E-state index is -3.36. The fraction of sp³-hybridized carbons (Fsp3) is 1.00. The van der Waals surface area contributed by atoms with Gasteiger partial charge in [-0.3, -0.25) is 0 Å². The molecule has 0 aromatic carbocycles. The molecule has 1 rings (SSSR count). The van der Waals surface area contributed by atoms with Crippen LogP contribution in [0.1, 0.15) is 6.92 Å². The lowest BCUT2D eigenvalue weighted by Gasteiger charge is -2.23. The average Bonchev–Trinajstić information content (AvgIpc) is 2.05. The van der Waals surface area contributed by atoms with Gasteiger partial charge in [0.15, 0.2) is 6.17 Å². The van der Waals surface area contributed by atoms with Crippen molar-refractivity contribution in [1.29, 1.82) is 0 Å². The maximum atomic E-state index is 12.8. The van der Waals surface area contributed by atoms with E-state index in [4.69, 9.17) is 8.23 Å². The van der Waals surface area contributed by atoms with Gasteiger partial charge in [-0.2, -0.15) is 0 Å². The molecule has 9 heteroatoms. The summed E-state index contributed by atoms with van der Waals surface area (Å²) in [5.41, 5.74) is 0. The third-order valence-corrected chi connectivity index (χ3v) is 5.27. The van der Waals surface area contributed by atoms with Crippen LogP contribution in [0.25, 0.3) is 0 Å². The first-order chi connectivity index (χ1) is 6.02. The second kappa shape index (κ2) is 4.70. The van der Waals surface area contributed by atoms with E-state index in [2.05, 4.69) is 4.12 Å². The second-order valence-corrected chi connectivity index (χ2v) is 6.28. The number of hydrogen-bond acceptors (Lipinski definition) is 3. The van der Waals surface area contributed by atoms with Gasteiger partial charge in [0.2, 0.25) is 0 Å². The van der Waals surface area contributed by atoms with Crippen molar-refractivity contribution in [1.82, 2.24) is 0 Å². The zero-order valence-corrected chi connectivity index (χ0v) is 9.64. The minimum absolute atomic E-state index is 0.262.